The maximum absolute atomic E-state index is 11.8. The van der Waals surface area contributed by atoms with Crippen LogP contribution in [0.3, 0.4) is 0 Å². The van der Waals surface area contributed by atoms with Gasteiger partial charge >= 0.3 is 0 Å². The third-order valence-electron chi connectivity index (χ3n) is 2.72. The average molecular weight is 228 g/mol. The molecular formula is C11H14ClNO2. The fraction of sp³-hybridized carbons (Fsp3) is 0.545. The summed E-state index contributed by atoms with van der Waals surface area (Å²) in [5.41, 5.74) is 0.692. The molecular weight excluding hydrogens is 214 g/mol. The van der Waals surface area contributed by atoms with E-state index in [1.807, 2.05) is 12.3 Å². The quantitative estimate of drug-likeness (QED) is 0.735. The van der Waals surface area contributed by atoms with E-state index < -0.39 is 0 Å². The molecule has 0 N–H and O–H groups in total. The lowest BCUT2D eigenvalue weighted by molar-refractivity contribution is 0.182. The molecule has 1 aliphatic heterocycles. The van der Waals surface area contributed by atoms with Crippen LogP contribution >= 0.6 is 11.6 Å². The van der Waals surface area contributed by atoms with Crippen molar-refractivity contribution in [3.63, 3.8) is 0 Å². The van der Waals surface area contributed by atoms with E-state index in [4.69, 9.17) is 16.3 Å². The molecule has 0 unspecified atom stereocenters. The first kappa shape index (κ1) is 10.7. The van der Waals surface area contributed by atoms with Crippen molar-refractivity contribution in [1.82, 2.24) is 4.57 Å². The molecule has 0 amide bonds. The first-order chi connectivity index (χ1) is 7.31. The molecule has 0 bridgehead atoms. The molecule has 0 saturated carbocycles. The Morgan fingerprint density at radius 1 is 1.60 bits per heavy atom. The number of hydrogen-bond acceptors (Lipinski definition) is 2. The molecule has 2 heterocycles. The van der Waals surface area contributed by atoms with Gasteiger partial charge in [-0.15, -0.1) is 11.6 Å². The van der Waals surface area contributed by atoms with E-state index in [-0.39, 0.29) is 11.4 Å². The number of ether oxygens (including phenoxy) is 1. The van der Waals surface area contributed by atoms with E-state index in [1.54, 1.807) is 10.6 Å². The highest BCUT2D eigenvalue weighted by atomic mass is 35.5. The normalized spacial score (nSPS) is 20.7. The van der Waals surface area contributed by atoms with Crippen molar-refractivity contribution in [3.8, 4) is 0 Å². The molecule has 0 aliphatic carbocycles. The maximum Gasteiger partial charge on any atom is 0.254 e. The van der Waals surface area contributed by atoms with E-state index in [0.29, 0.717) is 11.5 Å². The Bertz CT molecular complexity index is 382. The number of pyridine rings is 1. The molecule has 1 aromatic rings. The number of aromatic nitrogens is 1. The van der Waals surface area contributed by atoms with Crippen LogP contribution in [-0.2, 0) is 17.2 Å². The molecule has 1 fully saturated rings. The predicted octanol–water partition coefficient (Wildman–Crippen LogP) is 1.62. The summed E-state index contributed by atoms with van der Waals surface area (Å²) in [6.45, 7) is 2.32. The van der Waals surface area contributed by atoms with E-state index in [0.717, 1.165) is 26.2 Å². The predicted molar refractivity (Wildman–Crippen MR) is 59.2 cm³/mol. The highest BCUT2D eigenvalue weighted by Gasteiger charge is 2.16. The van der Waals surface area contributed by atoms with Crippen molar-refractivity contribution in [2.75, 3.05) is 13.2 Å². The van der Waals surface area contributed by atoms with Gasteiger partial charge < -0.3 is 9.30 Å². The lowest BCUT2D eigenvalue weighted by Crippen LogP contribution is -2.25. The first-order valence-electron chi connectivity index (χ1n) is 5.13. The Labute approximate surface area is 93.6 Å². The molecule has 0 spiro atoms. The molecule has 1 atom stereocenters. The first-order valence-corrected chi connectivity index (χ1v) is 5.66. The maximum atomic E-state index is 11.8. The zero-order valence-corrected chi connectivity index (χ0v) is 9.24. The van der Waals surface area contributed by atoms with Gasteiger partial charge in [0.15, 0.2) is 0 Å². The Hall–Kier alpha value is -0.800. The number of halogens is 1. The van der Waals surface area contributed by atoms with Gasteiger partial charge in [0, 0.05) is 30.8 Å². The van der Waals surface area contributed by atoms with E-state index in [2.05, 4.69) is 0 Å². The molecule has 15 heavy (non-hydrogen) atoms. The fourth-order valence-electron chi connectivity index (χ4n) is 1.84. The van der Waals surface area contributed by atoms with Crippen molar-refractivity contribution in [2.24, 2.45) is 5.92 Å². The van der Waals surface area contributed by atoms with Crippen LogP contribution in [0.1, 0.15) is 12.0 Å². The van der Waals surface area contributed by atoms with Gasteiger partial charge in [0.1, 0.15) is 0 Å². The molecule has 0 aromatic carbocycles. The summed E-state index contributed by atoms with van der Waals surface area (Å²) in [6.07, 6.45) is 2.86. The summed E-state index contributed by atoms with van der Waals surface area (Å²) in [7, 11) is 0. The standard InChI is InChI=1S/C11H14ClNO2/c12-6-10-2-1-4-13(11(10)14)7-9-3-5-15-8-9/h1-2,4,9H,3,5-8H2/t9-/m1/s1. The van der Waals surface area contributed by atoms with Crippen LogP contribution in [0.25, 0.3) is 0 Å². The Kier molecular flexibility index (Phi) is 3.44. The molecule has 1 aromatic heterocycles. The van der Waals surface area contributed by atoms with Gasteiger partial charge in [-0.3, -0.25) is 4.79 Å². The third kappa shape index (κ3) is 2.41. The van der Waals surface area contributed by atoms with Crippen molar-refractivity contribution < 1.29 is 4.74 Å². The van der Waals surface area contributed by atoms with Gasteiger partial charge in [0.25, 0.3) is 5.56 Å². The number of alkyl halides is 1. The van der Waals surface area contributed by atoms with Crippen molar-refractivity contribution in [2.45, 2.75) is 18.8 Å². The third-order valence-corrected chi connectivity index (χ3v) is 3.01. The Morgan fingerprint density at radius 2 is 2.47 bits per heavy atom. The molecule has 2 rings (SSSR count). The van der Waals surface area contributed by atoms with Crippen molar-refractivity contribution in [1.29, 1.82) is 0 Å². The monoisotopic (exact) mass is 227 g/mol. The van der Waals surface area contributed by atoms with Crippen LogP contribution in [0.5, 0.6) is 0 Å². The summed E-state index contributed by atoms with van der Waals surface area (Å²) < 4.78 is 7.02. The molecule has 1 aliphatic rings. The second-order valence-corrected chi connectivity index (χ2v) is 4.12. The molecule has 0 radical (unpaired) electrons. The zero-order valence-electron chi connectivity index (χ0n) is 8.49. The van der Waals surface area contributed by atoms with Crippen molar-refractivity contribution >= 4 is 11.6 Å². The zero-order chi connectivity index (χ0) is 10.7. The lowest BCUT2D eigenvalue weighted by Gasteiger charge is -2.10. The number of nitrogens with zero attached hydrogens (tertiary/aromatic N) is 1. The summed E-state index contributed by atoms with van der Waals surface area (Å²) in [4.78, 5) is 11.8. The minimum Gasteiger partial charge on any atom is -0.381 e. The summed E-state index contributed by atoms with van der Waals surface area (Å²) in [5.74, 6) is 0.745. The SMILES string of the molecule is O=c1c(CCl)cccn1C[C@H]1CCOC1. The summed E-state index contributed by atoms with van der Waals surface area (Å²) in [5, 5.41) is 0. The van der Waals surface area contributed by atoms with E-state index in [9.17, 15) is 4.79 Å². The lowest BCUT2D eigenvalue weighted by atomic mass is 10.1. The summed E-state index contributed by atoms with van der Waals surface area (Å²) in [6, 6.07) is 3.64. The average Bonchev–Trinajstić information content (AvgIpc) is 2.74. The Balaban J connectivity index is 2.17. The smallest absolute Gasteiger partial charge is 0.254 e. The van der Waals surface area contributed by atoms with Gasteiger partial charge in [-0.2, -0.15) is 0 Å². The minimum absolute atomic E-state index is 0.0272. The summed E-state index contributed by atoms with van der Waals surface area (Å²) >= 11 is 5.68. The highest BCUT2D eigenvalue weighted by molar-refractivity contribution is 6.17. The van der Waals surface area contributed by atoms with Crippen LogP contribution < -0.4 is 5.56 Å². The fourth-order valence-corrected chi connectivity index (χ4v) is 2.04. The van der Waals surface area contributed by atoms with E-state index in [1.165, 1.54) is 0 Å². The Morgan fingerprint density at radius 3 is 3.13 bits per heavy atom. The minimum atomic E-state index is 0.0272. The largest absolute Gasteiger partial charge is 0.381 e. The van der Waals surface area contributed by atoms with Crippen molar-refractivity contribution in [3.05, 3.63) is 34.2 Å². The topological polar surface area (TPSA) is 31.2 Å². The van der Waals surface area contributed by atoms with Crippen LogP contribution in [0.15, 0.2) is 23.1 Å². The van der Waals surface area contributed by atoms with E-state index >= 15 is 0 Å². The van der Waals surface area contributed by atoms with Gasteiger partial charge in [-0.05, 0) is 12.5 Å². The number of hydrogen-bond donors (Lipinski definition) is 0. The number of rotatable bonds is 3. The van der Waals surface area contributed by atoms with Gasteiger partial charge in [-0.1, -0.05) is 6.07 Å². The molecule has 3 nitrogen and oxygen atoms in total. The molecule has 4 heteroatoms. The van der Waals surface area contributed by atoms with Gasteiger partial charge in [0.2, 0.25) is 0 Å². The second-order valence-electron chi connectivity index (χ2n) is 3.85. The van der Waals surface area contributed by atoms with Crippen LogP contribution in [0.2, 0.25) is 0 Å². The molecule has 82 valence electrons. The van der Waals surface area contributed by atoms with Crippen LogP contribution in [0, 0.1) is 5.92 Å². The van der Waals surface area contributed by atoms with Crippen LogP contribution in [-0.4, -0.2) is 17.8 Å². The second kappa shape index (κ2) is 4.81. The van der Waals surface area contributed by atoms with Gasteiger partial charge in [-0.25, -0.2) is 0 Å². The highest BCUT2D eigenvalue weighted by Crippen LogP contribution is 2.13. The molecule has 1 saturated heterocycles. The van der Waals surface area contributed by atoms with Gasteiger partial charge in [0.05, 0.1) is 12.5 Å². The van der Waals surface area contributed by atoms with Crippen LogP contribution in [0.4, 0.5) is 0 Å².